The van der Waals surface area contributed by atoms with Crippen LogP contribution in [0.4, 0.5) is 0 Å². The standard InChI is InChI=1S/4C5H5N.4C2H6/c4*1-2-4-6-5-3-1;4*1-2/h4*1-5H;4*1-2H3. The van der Waals surface area contributed by atoms with Crippen LogP contribution >= 0.6 is 0 Å². The molecule has 0 unspecified atom stereocenters. The van der Waals surface area contributed by atoms with Crippen LogP contribution in [0.25, 0.3) is 0 Å². The summed E-state index contributed by atoms with van der Waals surface area (Å²) in [5.74, 6) is 0. The van der Waals surface area contributed by atoms with Gasteiger partial charge >= 0.3 is 0 Å². The van der Waals surface area contributed by atoms with Crippen LogP contribution in [0.5, 0.6) is 0 Å². The Kier molecular flexibility index (Phi) is 51.8. The first-order chi connectivity index (χ1) is 16.0. The Morgan fingerprint density at radius 3 is 0.375 bits per heavy atom. The molecular formula is C28H44N4. The number of rotatable bonds is 0. The molecule has 0 aliphatic rings. The second-order valence-corrected chi connectivity index (χ2v) is 4.10. The first kappa shape index (κ1) is 36.0. The van der Waals surface area contributed by atoms with Crippen LogP contribution in [0, 0.1) is 0 Å². The fourth-order valence-corrected chi connectivity index (χ4v) is 1.25. The zero-order valence-corrected chi connectivity index (χ0v) is 21.3. The van der Waals surface area contributed by atoms with Gasteiger partial charge in [0, 0.05) is 49.6 Å². The van der Waals surface area contributed by atoms with E-state index in [4.69, 9.17) is 0 Å². The van der Waals surface area contributed by atoms with Gasteiger partial charge in [0.05, 0.1) is 0 Å². The molecule has 0 aliphatic heterocycles. The van der Waals surface area contributed by atoms with E-state index >= 15 is 0 Å². The van der Waals surface area contributed by atoms with E-state index < -0.39 is 0 Å². The first-order valence-electron chi connectivity index (χ1n) is 11.4. The minimum Gasteiger partial charge on any atom is -0.265 e. The summed E-state index contributed by atoms with van der Waals surface area (Å²) in [6, 6.07) is 22.9. The van der Waals surface area contributed by atoms with Crippen molar-refractivity contribution in [2.24, 2.45) is 0 Å². The minimum absolute atomic E-state index is 1.75. The van der Waals surface area contributed by atoms with Crippen molar-refractivity contribution in [3.63, 3.8) is 0 Å². The molecule has 176 valence electrons. The average molecular weight is 437 g/mol. The van der Waals surface area contributed by atoms with Crippen molar-refractivity contribution in [3.8, 4) is 0 Å². The molecule has 32 heavy (non-hydrogen) atoms. The predicted octanol–water partition coefficient (Wildman–Crippen LogP) is 8.43. The zero-order chi connectivity index (χ0) is 25.0. The Bertz CT molecular complexity index is 431. The maximum Gasteiger partial charge on any atom is 0.0267 e. The van der Waals surface area contributed by atoms with E-state index in [-0.39, 0.29) is 0 Å². The Balaban J connectivity index is -0.000000148. The van der Waals surface area contributed by atoms with Gasteiger partial charge < -0.3 is 0 Å². The third-order valence-electron chi connectivity index (χ3n) is 2.27. The molecular weight excluding hydrogens is 392 g/mol. The fraction of sp³-hybridized carbons (Fsp3) is 0.286. The summed E-state index contributed by atoms with van der Waals surface area (Å²) in [5, 5.41) is 0. The molecule has 0 fully saturated rings. The highest BCUT2D eigenvalue weighted by molar-refractivity contribution is 4.89. The van der Waals surface area contributed by atoms with Crippen LogP contribution in [0.3, 0.4) is 0 Å². The molecule has 0 saturated carbocycles. The van der Waals surface area contributed by atoms with Gasteiger partial charge in [-0.2, -0.15) is 0 Å². The van der Waals surface area contributed by atoms with Crippen LogP contribution in [0.2, 0.25) is 0 Å². The summed E-state index contributed by atoms with van der Waals surface area (Å²) in [6.45, 7) is 16.0. The van der Waals surface area contributed by atoms with E-state index in [0.29, 0.717) is 0 Å². The van der Waals surface area contributed by atoms with Gasteiger partial charge in [-0.25, -0.2) is 0 Å². The first-order valence-corrected chi connectivity index (χ1v) is 11.4. The van der Waals surface area contributed by atoms with E-state index in [0.717, 1.165) is 0 Å². The Labute approximate surface area is 197 Å². The van der Waals surface area contributed by atoms with Gasteiger partial charge in [0.15, 0.2) is 0 Å². The number of aromatic nitrogens is 4. The summed E-state index contributed by atoms with van der Waals surface area (Å²) < 4.78 is 0. The maximum absolute atomic E-state index is 3.78. The maximum atomic E-state index is 3.78. The molecule has 0 spiro atoms. The average Bonchev–Trinajstić information content (AvgIpc) is 2.98. The smallest absolute Gasteiger partial charge is 0.0267 e. The normalized spacial score (nSPS) is 6.75. The van der Waals surface area contributed by atoms with Gasteiger partial charge in [-0.15, -0.1) is 0 Å². The summed E-state index contributed by atoms with van der Waals surface area (Å²) in [6.07, 6.45) is 14.0. The molecule has 0 N–H and O–H groups in total. The van der Waals surface area contributed by atoms with Crippen LogP contribution in [-0.4, -0.2) is 19.9 Å². The number of pyridine rings is 4. The van der Waals surface area contributed by atoms with Crippen molar-refractivity contribution in [1.82, 2.24) is 19.9 Å². The van der Waals surface area contributed by atoms with Crippen molar-refractivity contribution in [1.29, 1.82) is 0 Å². The van der Waals surface area contributed by atoms with Crippen LogP contribution in [0.15, 0.2) is 122 Å². The fourth-order valence-electron chi connectivity index (χ4n) is 1.25. The molecule has 4 heteroatoms. The number of hydrogen-bond donors (Lipinski definition) is 0. The zero-order valence-electron chi connectivity index (χ0n) is 21.3. The second kappa shape index (κ2) is 46.0. The van der Waals surface area contributed by atoms with E-state index in [9.17, 15) is 0 Å². The van der Waals surface area contributed by atoms with Crippen LogP contribution in [0.1, 0.15) is 55.4 Å². The Morgan fingerprint density at radius 2 is 0.344 bits per heavy atom. The van der Waals surface area contributed by atoms with Gasteiger partial charge in [-0.05, 0) is 48.5 Å². The lowest BCUT2D eigenvalue weighted by Gasteiger charge is -1.70. The summed E-state index contributed by atoms with van der Waals surface area (Å²) >= 11 is 0. The topological polar surface area (TPSA) is 51.6 Å². The van der Waals surface area contributed by atoms with E-state index in [1.54, 1.807) is 49.6 Å². The van der Waals surface area contributed by atoms with Crippen molar-refractivity contribution >= 4 is 0 Å². The third kappa shape index (κ3) is 41.1. The van der Waals surface area contributed by atoms with Gasteiger partial charge in [0.25, 0.3) is 0 Å². The second-order valence-electron chi connectivity index (χ2n) is 4.10. The highest BCUT2D eigenvalue weighted by atomic mass is 14.6. The van der Waals surface area contributed by atoms with Gasteiger partial charge in [-0.3, -0.25) is 19.9 Å². The van der Waals surface area contributed by atoms with E-state index in [2.05, 4.69) is 19.9 Å². The van der Waals surface area contributed by atoms with Gasteiger partial charge in [0.2, 0.25) is 0 Å². The highest BCUT2D eigenvalue weighted by Gasteiger charge is 1.60. The SMILES string of the molecule is CC.CC.CC.CC.c1ccncc1.c1ccncc1.c1ccncc1.c1ccncc1. The van der Waals surface area contributed by atoms with Crippen molar-refractivity contribution in [2.75, 3.05) is 0 Å². The van der Waals surface area contributed by atoms with Crippen LogP contribution in [-0.2, 0) is 0 Å². The van der Waals surface area contributed by atoms with Crippen molar-refractivity contribution in [2.45, 2.75) is 55.4 Å². The van der Waals surface area contributed by atoms with E-state index in [1.165, 1.54) is 0 Å². The Morgan fingerprint density at radius 1 is 0.219 bits per heavy atom. The molecule has 4 aromatic rings. The van der Waals surface area contributed by atoms with Gasteiger partial charge in [-0.1, -0.05) is 79.7 Å². The van der Waals surface area contributed by atoms with Crippen LogP contribution < -0.4 is 0 Å². The summed E-state index contributed by atoms with van der Waals surface area (Å²) in [4.78, 5) is 15.1. The molecule has 4 rings (SSSR count). The van der Waals surface area contributed by atoms with Gasteiger partial charge in [0.1, 0.15) is 0 Å². The quantitative estimate of drug-likeness (QED) is 0.277. The molecule has 0 aliphatic carbocycles. The number of nitrogens with zero attached hydrogens (tertiary/aromatic N) is 4. The van der Waals surface area contributed by atoms with Crippen molar-refractivity contribution in [3.05, 3.63) is 122 Å². The summed E-state index contributed by atoms with van der Waals surface area (Å²) in [5.41, 5.74) is 0. The predicted molar refractivity (Wildman–Crippen MR) is 142 cm³/mol. The monoisotopic (exact) mass is 436 g/mol. The molecule has 0 amide bonds. The van der Waals surface area contributed by atoms with Crippen molar-refractivity contribution < 1.29 is 0 Å². The molecule has 4 nitrogen and oxygen atoms in total. The molecule has 0 aromatic carbocycles. The lowest BCUT2D eigenvalue weighted by molar-refractivity contribution is 1.33. The number of hydrogen-bond acceptors (Lipinski definition) is 4. The lowest BCUT2D eigenvalue weighted by Crippen LogP contribution is -1.58. The Hall–Kier alpha value is -3.40. The lowest BCUT2D eigenvalue weighted by atomic mass is 10.5. The third-order valence-corrected chi connectivity index (χ3v) is 2.27. The molecule has 4 aromatic heterocycles. The molecule has 0 bridgehead atoms. The molecule has 4 heterocycles. The highest BCUT2D eigenvalue weighted by Crippen LogP contribution is 1.75. The largest absolute Gasteiger partial charge is 0.265 e. The summed E-state index contributed by atoms with van der Waals surface area (Å²) in [7, 11) is 0. The van der Waals surface area contributed by atoms with E-state index in [1.807, 2.05) is 128 Å². The molecule has 0 saturated heterocycles. The minimum atomic E-state index is 1.75. The molecule has 0 atom stereocenters. The molecule has 0 radical (unpaired) electrons.